The largest absolute Gasteiger partial charge is 0.387 e. The topological polar surface area (TPSA) is 98.5 Å². The van der Waals surface area contributed by atoms with Crippen molar-refractivity contribution in [1.82, 2.24) is 25.5 Å². The van der Waals surface area contributed by atoms with Gasteiger partial charge in [-0.15, -0.1) is 0 Å². The molecule has 29 heavy (non-hydrogen) atoms. The van der Waals surface area contributed by atoms with E-state index in [4.69, 9.17) is 11.6 Å². The molecule has 144 valence electrons. The molecule has 0 saturated heterocycles. The molecule has 1 aromatic carbocycles. The van der Waals surface area contributed by atoms with E-state index in [1.165, 1.54) is 12.3 Å². The summed E-state index contributed by atoms with van der Waals surface area (Å²) in [7, 11) is 0. The van der Waals surface area contributed by atoms with Crippen molar-refractivity contribution in [2.45, 2.75) is 0 Å². The molecule has 1 aliphatic heterocycles. The zero-order valence-electron chi connectivity index (χ0n) is 14.9. The number of benzene rings is 1. The Labute approximate surface area is 168 Å². The van der Waals surface area contributed by atoms with Crippen molar-refractivity contribution in [3.63, 3.8) is 0 Å². The van der Waals surface area contributed by atoms with Crippen molar-refractivity contribution < 1.29 is 4.39 Å². The second-order valence-electron chi connectivity index (χ2n) is 6.52. The molecule has 0 spiro atoms. The summed E-state index contributed by atoms with van der Waals surface area (Å²) in [4.78, 5) is 19.5. The maximum absolute atomic E-state index is 14.9. The molecule has 4 aromatic rings. The molecule has 0 radical (unpaired) electrons. The van der Waals surface area contributed by atoms with Gasteiger partial charge in [-0.3, -0.25) is 9.89 Å². The maximum atomic E-state index is 14.9. The highest BCUT2D eigenvalue weighted by atomic mass is 35.5. The lowest BCUT2D eigenvalue weighted by Crippen LogP contribution is -2.38. The molecule has 4 heterocycles. The van der Waals surface area contributed by atoms with Crippen molar-refractivity contribution in [3.8, 4) is 11.3 Å². The Kier molecular flexibility index (Phi) is 4.06. The first kappa shape index (κ1) is 17.4. The van der Waals surface area contributed by atoms with Crippen LogP contribution >= 0.6 is 11.6 Å². The summed E-state index contributed by atoms with van der Waals surface area (Å²) in [5.74, 6) is -0.104. The number of anilines is 2. The number of aromatic nitrogens is 4. The predicted molar refractivity (Wildman–Crippen MR) is 111 cm³/mol. The zero-order chi connectivity index (χ0) is 20.0. The zero-order valence-corrected chi connectivity index (χ0v) is 15.6. The van der Waals surface area contributed by atoms with Crippen LogP contribution in [0.25, 0.3) is 34.4 Å². The SMILES string of the molecule is O=c1[nH]ccc2nc(Nc3c(F)cc(-c4ccn[nH]4)cc3Cl)c3c(c12)=CNCC=3. The molecule has 9 heteroatoms. The van der Waals surface area contributed by atoms with Gasteiger partial charge < -0.3 is 15.6 Å². The van der Waals surface area contributed by atoms with Crippen molar-refractivity contribution >= 4 is 46.3 Å². The summed E-state index contributed by atoms with van der Waals surface area (Å²) in [6.45, 7) is 0.564. The van der Waals surface area contributed by atoms with Crippen LogP contribution < -0.4 is 26.6 Å². The lowest BCUT2D eigenvalue weighted by Gasteiger charge is -2.14. The molecule has 1 aliphatic rings. The molecule has 5 rings (SSSR count). The predicted octanol–water partition coefficient (Wildman–Crippen LogP) is 1.97. The highest BCUT2D eigenvalue weighted by Gasteiger charge is 2.15. The molecule has 0 bridgehead atoms. The molecule has 7 nitrogen and oxygen atoms in total. The van der Waals surface area contributed by atoms with Gasteiger partial charge in [-0.05, 0) is 24.3 Å². The van der Waals surface area contributed by atoms with Crippen LogP contribution in [0.3, 0.4) is 0 Å². The molecular weight excluding hydrogens is 395 g/mol. The number of nitrogens with one attached hydrogen (secondary N) is 4. The number of H-pyrrole nitrogens is 2. The molecule has 3 aromatic heterocycles. The minimum Gasteiger partial charge on any atom is -0.387 e. The number of hydrogen-bond donors (Lipinski definition) is 4. The van der Waals surface area contributed by atoms with Gasteiger partial charge in [-0.2, -0.15) is 5.10 Å². The van der Waals surface area contributed by atoms with Crippen LogP contribution in [0.5, 0.6) is 0 Å². The third-order valence-electron chi connectivity index (χ3n) is 4.75. The maximum Gasteiger partial charge on any atom is 0.258 e. The number of rotatable bonds is 3. The van der Waals surface area contributed by atoms with E-state index in [0.717, 1.165) is 0 Å². The van der Waals surface area contributed by atoms with Gasteiger partial charge in [0.1, 0.15) is 11.6 Å². The first-order valence-corrected chi connectivity index (χ1v) is 9.20. The van der Waals surface area contributed by atoms with Gasteiger partial charge in [0.15, 0.2) is 0 Å². The first-order valence-electron chi connectivity index (χ1n) is 8.83. The Balaban J connectivity index is 1.68. The van der Waals surface area contributed by atoms with E-state index in [1.54, 1.807) is 30.6 Å². The Morgan fingerprint density at radius 3 is 2.90 bits per heavy atom. The second kappa shape index (κ2) is 6.75. The van der Waals surface area contributed by atoms with Gasteiger partial charge in [-0.1, -0.05) is 17.7 Å². The number of aromatic amines is 2. The molecule has 0 amide bonds. The summed E-state index contributed by atoms with van der Waals surface area (Å²) in [5.41, 5.74) is 1.61. The third kappa shape index (κ3) is 2.94. The summed E-state index contributed by atoms with van der Waals surface area (Å²) in [6, 6.07) is 6.45. The molecule has 0 saturated carbocycles. The Morgan fingerprint density at radius 1 is 1.21 bits per heavy atom. The third-order valence-corrected chi connectivity index (χ3v) is 5.05. The fraction of sp³-hybridized carbons (Fsp3) is 0.0500. The van der Waals surface area contributed by atoms with Gasteiger partial charge in [0, 0.05) is 41.1 Å². The number of pyridine rings is 2. The molecular formula is C20H14ClFN6O. The van der Waals surface area contributed by atoms with E-state index in [1.807, 2.05) is 6.08 Å². The molecule has 0 atom stereocenters. The number of halogens is 2. The Bertz CT molecular complexity index is 1410. The Hall–Kier alpha value is -3.65. The van der Waals surface area contributed by atoms with Crippen molar-refractivity contribution in [2.24, 2.45) is 0 Å². The minimum absolute atomic E-state index is 0.112. The molecule has 0 aliphatic carbocycles. The monoisotopic (exact) mass is 408 g/mol. The van der Waals surface area contributed by atoms with Crippen LogP contribution in [0, 0.1) is 5.82 Å². The van der Waals surface area contributed by atoms with Crippen LogP contribution in [0.15, 0.2) is 41.5 Å². The summed E-state index contributed by atoms with van der Waals surface area (Å²) >= 11 is 6.38. The highest BCUT2D eigenvalue weighted by Crippen LogP contribution is 2.32. The average Bonchev–Trinajstić information content (AvgIpc) is 3.25. The van der Waals surface area contributed by atoms with Gasteiger partial charge >= 0.3 is 0 Å². The summed E-state index contributed by atoms with van der Waals surface area (Å²) in [6.07, 6.45) is 6.77. The molecule has 0 unspecified atom stereocenters. The van der Waals surface area contributed by atoms with Crippen LogP contribution in [-0.2, 0) is 0 Å². The average molecular weight is 409 g/mol. The van der Waals surface area contributed by atoms with Crippen molar-refractivity contribution in [3.05, 3.63) is 68.3 Å². The number of fused-ring (bicyclic) bond motifs is 3. The van der Waals surface area contributed by atoms with Gasteiger partial charge in [0.25, 0.3) is 5.56 Å². The smallest absolute Gasteiger partial charge is 0.258 e. The lowest BCUT2D eigenvalue weighted by atomic mass is 10.1. The molecule has 4 N–H and O–H groups in total. The molecule has 0 fully saturated rings. The van der Waals surface area contributed by atoms with E-state index in [2.05, 4.69) is 30.8 Å². The van der Waals surface area contributed by atoms with Gasteiger partial charge in [-0.25, -0.2) is 9.37 Å². The van der Waals surface area contributed by atoms with E-state index >= 15 is 0 Å². The summed E-state index contributed by atoms with van der Waals surface area (Å²) < 4.78 is 14.9. The lowest BCUT2D eigenvalue weighted by molar-refractivity contribution is 0.632. The van der Waals surface area contributed by atoms with Crippen molar-refractivity contribution in [1.29, 1.82) is 0 Å². The quantitative estimate of drug-likeness (QED) is 0.415. The minimum atomic E-state index is -0.526. The van der Waals surface area contributed by atoms with Gasteiger partial charge in [0.05, 0.1) is 27.3 Å². The second-order valence-corrected chi connectivity index (χ2v) is 6.93. The van der Waals surface area contributed by atoms with Crippen molar-refractivity contribution in [2.75, 3.05) is 11.9 Å². The highest BCUT2D eigenvalue weighted by molar-refractivity contribution is 6.33. The number of nitrogens with zero attached hydrogens (tertiary/aromatic N) is 2. The van der Waals surface area contributed by atoms with Crippen LogP contribution in [0.1, 0.15) is 0 Å². The Morgan fingerprint density at radius 2 is 2.10 bits per heavy atom. The fourth-order valence-electron chi connectivity index (χ4n) is 3.42. The van der Waals surface area contributed by atoms with E-state index in [0.29, 0.717) is 45.0 Å². The summed E-state index contributed by atoms with van der Waals surface area (Å²) in [5, 5.41) is 14.9. The van der Waals surface area contributed by atoms with E-state index in [-0.39, 0.29) is 16.3 Å². The normalized spacial score (nSPS) is 12.6. The van der Waals surface area contributed by atoms with Crippen LogP contribution in [0.4, 0.5) is 15.9 Å². The fourth-order valence-corrected chi connectivity index (χ4v) is 3.68. The van der Waals surface area contributed by atoms with E-state index in [9.17, 15) is 9.18 Å². The van der Waals surface area contributed by atoms with Gasteiger partial charge in [0.2, 0.25) is 0 Å². The standard InChI is InChI=1S/C20H14ClFN6O/c21-13-7-10(15-3-6-25-28-15)8-14(22)18(13)27-19-11-1-4-23-9-12(11)17-16(26-19)2-5-24-20(17)29/h1-3,5-9,23H,4H2,(H,24,29)(H,25,28)(H,26,27). The van der Waals surface area contributed by atoms with Crippen LogP contribution in [0.2, 0.25) is 5.02 Å². The van der Waals surface area contributed by atoms with E-state index < -0.39 is 5.82 Å². The van der Waals surface area contributed by atoms with Crippen LogP contribution in [-0.4, -0.2) is 26.7 Å². The first-order chi connectivity index (χ1) is 14.1. The number of hydrogen-bond acceptors (Lipinski definition) is 5.